The second kappa shape index (κ2) is 6.80. The molecule has 1 aromatic rings. The summed E-state index contributed by atoms with van der Waals surface area (Å²) in [6.45, 7) is 3.50. The van der Waals surface area contributed by atoms with E-state index >= 15 is 0 Å². The van der Waals surface area contributed by atoms with Crippen molar-refractivity contribution < 1.29 is 17.6 Å². The molecule has 1 aromatic heterocycles. The molecule has 2 aliphatic heterocycles. The van der Waals surface area contributed by atoms with Crippen molar-refractivity contribution in [3.63, 3.8) is 0 Å². The Morgan fingerprint density at radius 1 is 1.39 bits per heavy atom. The molecule has 0 aromatic carbocycles. The molecule has 2 unspecified atom stereocenters. The van der Waals surface area contributed by atoms with E-state index in [1.165, 1.54) is 11.8 Å². The van der Waals surface area contributed by atoms with Crippen molar-refractivity contribution in [2.75, 3.05) is 24.6 Å². The average molecular weight is 359 g/mol. The lowest BCUT2D eigenvalue weighted by molar-refractivity contribution is -0.129. The van der Waals surface area contributed by atoms with Gasteiger partial charge in [-0.2, -0.15) is 0 Å². The third kappa shape index (κ3) is 4.26. The Hall–Kier alpha value is -1.09. The number of likely N-dealkylation sites (tertiary alicyclic amines) is 1. The number of amides is 1. The third-order valence-corrected chi connectivity index (χ3v) is 7.04. The van der Waals surface area contributed by atoms with Crippen LogP contribution in [-0.4, -0.2) is 59.3 Å². The molecule has 23 heavy (non-hydrogen) atoms. The van der Waals surface area contributed by atoms with E-state index < -0.39 is 9.84 Å². The lowest BCUT2D eigenvalue weighted by Crippen LogP contribution is -2.34. The van der Waals surface area contributed by atoms with Crippen LogP contribution in [0.4, 0.5) is 0 Å². The van der Waals surface area contributed by atoms with Crippen LogP contribution >= 0.6 is 11.8 Å². The van der Waals surface area contributed by atoms with Crippen molar-refractivity contribution in [3.8, 4) is 0 Å². The predicted molar refractivity (Wildman–Crippen MR) is 85.9 cm³/mol. The number of sulfone groups is 1. The van der Waals surface area contributed by atoms with Crippen molar-refractivity contribution in [2.24, 2.45) is 5.92 Å². The number of aromatic nitrogens is 2. The highest BCUT2D eigenvalue weighted by molar-refractivity contribution is 8.00. The van der Waals surface area contributed by atoms with Crippen molar-refractivity contribution in [2.45, 2.75) is 43.1 Å². The van der Waals surface area contributed by atoms with E-state index in [-0.39, 0.29) is 28.6 Å². The molecule has 2 atom stereocenters. The Morgan fingerprint density at radius 3 is 2.78 bits per heavy atom. The molecule has 2 saturated heterocycles. The van der Waals surface area contributed by atoms with Gasteiger partial charge in [0.2, 0.25) is 11.8 Å². The first-order chi connectivity index (χ1) is 10.9. The van der Waals surface area contributed by atoms with E-state index in [0.717, 1.165) is 25.9 Å². The minimum absolute atomic E-state index is 0.0574. The highest BCUT2D eigenvalue weighted by Crippen LogP contribution is 2.27. The number of rotatable bonds is 5. The number of nitrogens with zero attached hydrogens (tertiary/aromatic N) is 3. The Labute approximate surface area is 140 Å². The minimum Gasteiger partial charge on any atom is -0.416 e. The topological polar surface area (TPSA) is 93.4 Å². The van der Waals surface area contributed by atoms with Gasteiger partial charge in [0.05, 0.1) is 16.8 Å². The van der Waals surface area contributed by atoms with E-state index in [2.05, 4.69) is 10.2 Å². The summed E-state index contributed by atoms with van der Waals surface area (Å²) in [5, 5.41) is 8.07. The number of hydrogen-bond donors (Lipinski definition) is 0. The molecule has 7 nitrogen and oxygen atoms in total. The maximum Gasteiger partial charge on any atom is 0.277 e. The summed E-state index contributed by atoms with van der Waals surface area (Å²) in [6.07, 6.45) is 3.27. The third-order valence-electron chi connectivity index (χ3n) is 4.28. The molecule has 2 aliphatic rings. The van der Waals surface area contributed by atoms with Crippen LogP contribution in [0.5, 0.6) is 0 Å². The molecule has 0 saturated carbocycles. The molecule has 9 heteroatoms. The van der Waals surface area contributed by atoms with Crippen LogP contribution in [0.2, 0.25) is 0 Å². The summed E-state index contributed by atoms with van der Waals surface area (Å²) >= 11 is 1.27. The first-order valence-corrected chi connectivity index (χ1v) is 10.6. The largest absolute Gasteiger partial charge is 0.416 e. The van der Waals surface area contributed by atoms with Gasteiger partial charge in [-0.25, -0.2) is 8.42 Å². The summed E-state index contributed by atoms with van der Waals surface area (Å²) < 4.78 is 28.5. The maximum absolute atomic E-state index is 12.3. The van der Waals surface area contributed by atoms with E-state index in [0.29, 0.717) is 24.0 Å². The van der Waals surface area contributed by atoms with Crippen LogP contribution in [0, 0.1) is 5.92 Å². The zero-order chi connectivity index (χ0) is 16.4. The zero-order valence-electron chi connectivity index (χ0n) is 13.1. The lowest BCUT2D eigenvalue weighted by atomic mass is 10.1. The molecule has 1 amide bonds. The van der Waals surface area contributed by atoms with Crippen molar-refractivity contribution in [3.05, 3.63) is 5.89 Å². The molecule has 0 N–H and O–H groups in total. The summed E-state index contributed by atoms with van der Waals surface area (Å²) in [7, 11) is -2.89. The summed E-state index contributed by atoms with van der Waals surface area (Å²) in [4.78, 5) is 14.1. The molecule has 0 aliphatic carbocycles. The van der Waals surface area contributed by atoms with Gasteiger partial charge in [-0.3, -0.25) is 4.79 Å². The standard InChI is InChI=1S/C14H21N3O4S2/c1-10(13(18)17-5-2-3-6-17)22-14-16-15-12(21-14)8-11-4-7-23(19,20)9-11/h10-11H,2-9H2,1H3. The predicted octanol–water partition coefficient (Wildman–Crippen LogP) is 1.15. The number of carbonyl (C=O) groups excluding carboxylic acids is 1. The minimum atomic E-state index is -2.89. The monoisotopic (exact) mass is 359 g/mol. The van der Waals surface area contributed by atoms with E-state index in [9.17, 15) is 13.2 Å². The van der Waals surface area contributed by atoms with Crippen LogP contribution < -0.4 is 0 Å². The zero-order valence-corrected chi connectivity index (χ0v) is 14.7. The number of carbonyl (C=O) groups is 1. The van der Waals surface area contributed by atoms with Crippen LogP contribution in [0.25, 0.3) is 0 Å². The van der Waals surface area contributed by atoms with Gasteiger partial charge in [0.25, 0.3) is 5.22 Å². The van der Waals surface area contributed by atoms with Crippen LogP contribution in [0.1, 0.15) is 32.1 Å². The Balaban J connectivity index is 1.53. The molecular weight excluding hydrogens is 338 g/mol. The van der Waals surface area contributed by atoms with Crippen molar-refractivity contribution >= 4 is 27.5 Å². The van der Waals surface area contributed by atoms with Gasteiger partial charge in [0.1, 0.15) is 0 Å². The number of thioether (sulfide) groups is 1. The maximum atomic E-state index is 12.3. The van der Waals surface area contributed by atoms with Crippen molar-refractivity contribution in [1.29, 1.82) is 0 Å². The van der Waals surface area contributed by atoms with Gasteiger partial charge in [0.15, 0.2) is 9.84 Å². The molecule has 2 fully saturated rings. The lowest BCUT2D eigenvalue weighted by Gasteiger charge is -2.18. The van der Waals surface area contributed by atoms with Crippen LogP contribution in [0.15, 0.2) is 9.64 Å². The molecule has 3 heterocycles. The first-order valence-electron chi connectivity index (χ1n) is 7.91. The number of hydrogen-bond acceptors (Lipinski definition) is 7. The van der Waals surface area contributed by atoms with Crippen LogP contribution in [-0.2, 0) is 21.1 Å². The second-order valence-electron chi connectivity index (χ2n) is 6.23. The van der Waals surface area contributed by atoms with Gasteiger partial charge in [0, 0.05) is 19.5 Å². The highest BCUT2D eigenvalue weighted by atomic mass is 32.2. The van der Waals surface area contributed by atoms with Gasteiger partial charge in [-0.15, -0.1) is 10.2 Å². The SMILES string of the molecule is CC(Sc1nnc(CC2CCS(=O)(=O)C2)o1)C(=O)N1CCCC1. The first kappa shape index (κ1) is 16.8. The fraction of sp³-hybridized carbons (Fsp3) is 0.786. The van der Waals surface area contributed by atoms with E-state index in [4.69, 9.17) is 4.42 Å². The Kier molecular flexibility index (Phi) is 4.96. The second-order valence-corrected chi connectivity index (χ2v) is 9.75. The molecule has 128 valence electrons. The molecule has 0 radical (unpaired) electrons. The molecular formula is C14H21N3O4S2. The van der Waals surface area contributed by atoms with Crippen molar-refractivity contribution in [1.82, 2.24) is 15.1 Å². The van der Waals surface area contributed by atoms with E-state index in [1.807, 2.05) is 11.8 Å². The smallest absolute Gasteiger partial charge is 0.277 e. The quantitative estimate of drug-likeness (QED) is 0.728. The fourth-order valence-electron chi connectivity index (χ4n) is 3.04. The highest BCUT2D eigenvalue weighted by Gasteiger charge is 2.30. The molecule has 0 spiro atoms. The van der Waals surface area contributed by atoms with Gasteiger partial charge >= 0.3 is 0 Å². The van der Waals surface area contributed by atoms with Gasteiger partial charge in [-0.1, -0.05) is 11.8 Å². The summed E-state index contributed by atoms with van der Waals surface area (Å²) in [5.74, 6) is 1.06. The van der Waals surface area contributed by atoms with Gasteiger partial charge in [-0.05, 0) is 32.1 Å². The Bertz CT molecular complexity index is 667. The Morgan fingerprint density at radius 2 is 2.13 bits per heavy atom. The average Bonchev–Trinajstić information content (AvgIpc) is 3.20. The normalized spacial score (nSPS) is 24.9. The van der Waals surface area contributed by atoms with E-state index in [1.54, 1.807) is 0 Å². The summed E-state index contributed by atoms with van der Waals surface area (Å²) in [6, 6.07) is 0. The van der Waals surface area contributed by atoms with Crippen LogP contribution in [0.3, 0.4) is 0 Å². The molecule has 3 rings (SSSR count). The van der Waals surface area contributed by atoms with Gasteiger partial charge < -0.3 is 9.32 Å². The molecule has 0 bridgehead atoms. The summed E-state index contributed by atoms with van der Waals surface area (Å²) in [5.41, 5.74) is 0. The fourth-order valence-corrected chi connectivity index (χ4v) is 5.69.